The van der Waals surface area contributed by atoms with Crippen molar-refractivity contribution in [3.63, 3.8) is 0 Å². The second-order valence-electron chi connectivity index (χ2n) is 4.96. The standard InChI is InChI=1S/C17H9ClF3NO3/c18-15-7-11(17(19,20)21)8-16(22-15)25-12-3-1-10(2-4-12)14-6-5-13(9-23)24-14/h1-9H. The average molecular weight is 368 g/mol. The van der Waals surface area contributed by atoms with Crippen LogP contribution in [-0.2, 0) is 6.18 Å². The number of hydrogen-bond acceptors (Lipinski definition) is 4. The van der Waals surface area contributed by atoms with Crippen LogP contribution in [0.4, 0.5) is 13.2 Å². The molecule has 1 aromatic carbocycles. The van der Waals surface area contributed by atoms with E-state index < -0.39 is 11.7 Å². The summed E-state index contributed by atoms with van der Waals surface area (Å²) in [5.74, 6) is 0.676. The van der Waals surface area contributed by atoms with Gasteiger partial charge in [0.05, 0.1) is 5.56 Å². The molecule has 0 aliphatic rings. The summed E-state index contributed by atoms with van der Waals surface area (Å²) in [4.78, 5) is 14.3. The van der Waals surface area contributed by atoms with Crippen molar-refractivity contribution in [2.75, 3.05) is 0 Å². The Hall–Kier alpha value is -2.80. The Morgan fingerprint density at radius 1 is 1.08 bits per heavy atom. The summed E-state index contributed by atoms with van der Waals surface area (Å²) >= 11 is 5.61. The van der Waals surface area contributed by atoms with Crippen LogP contribution in [0.25, 0.3) is 11.3 Å². The molecule has 0 saturated heterocycles. The minimum atomic E-state index is -4.55. The fraction of sp³-hybridized carbons (Fsp3) is 0.0588. The lowest BCUT2D eigenvalue weighted by Gasteiger charge is -2.10. The van der Waals surface area contributed by atoms with Crippen LogP contribution in [0.15, 0.2) is 52.9 Å². The molecule has 0 fully saturated rings. The maximum absolute atomic E-state index is 12.8. The highest BCUT2D eigenvalue weighted by molar-refractivity contribution is 6.29. The molecule has 0 spiro atoms. The first-order chi connectivity index (χ1) is 11.8. The van der Waals surface area contributed by atoms with Crippen molar-refractivity contribution in [2.45, 2.75) is 6.18 Å². The molecular weight excluding hydrogens is 359 g/mol. The lowest BCUT2D eigenvalue weighted by molar-refractivity contribution is -0.137. The number of benzene rings is 1. The molecule has 0 aliphatic heterocycles. The van der Waals surface area contributed by atoms with E-state index >= 15 is 0 Å². The van der Waals surface area contributed by atoms with Crippen LogP contribution >= 0.6 is 11.6 Å². The molecule has 0 amide bonds. The molecule has 0 aliphatic carbocycles. The SMILES string of the molecule is O=Cc1ccc(-c2ccc(Oc3cc(C(F)(F)F)cc(Cl)n3)cc2)o1. The Morgan fingerprint density at radius 3 is 2.40 bits per heavy atom. The predicted molar refractivity (Wildman–Crippen MR) is 83.9 cm³/mol. The first kappa shape index (κ1) is 17.0. The summed E-state index contributed by atoms with van der Waals surface area (Å²) in [6, 6.07) is 11.0. The highest BCUT2D eigenvalue weighted by atomic mass is 35.5. The average Bonchev–Trinajstić information content (AvgIpc) is 3.03. The van der Waals surface area contributed by atoms with Crippen molar-refractivity contribution in [3.05, 3.63) is 65.0 Å². The zero-order valence-electron chi connectivity index (χ0n) is 12.4. The third-order valence-electron chi connectivity index (χ3n) is 3.20. The van der Waals surface area contributed by atoms with E-state index in [4.69, 9.17) is 20.8 Å². The number of ether oxygens (including phenoxy) is 1. The Balaban J connectivity index is 1.82. The molecule has 4 nitrogen and oxygen atoms in total. The number of carbonyl (C=O) groups is 1. The van der Waals surface area contributed by atoms with Crippen LogP contribution in [0.1, 0.15) is 16.1 Å². The fourth-order valence-corrected chi connectivity index (χ4v) is 2.27. The second-order valence-corrected chi connectivity index (χ2v) is 5.35. The van der Waals surface area contributed by atoms with Gasteiger partial charge in [-0.3, -0.25) is 4.79 Å². The van der Waals surface area contributed by atoms with Gasteiger partial charge in [0.25, 0.3) is 0 Å². The number of nitrogens with zero attached hydrogens (tertiary/aromatic N) is 1. The number of alkyl halides is 3. The van der Waals surface area contributed by atoms with E-state index in [0.29, 0.717) is 17.6 Å². The Kier molecular flexibility index (Phi) is 4.50. The number of aldehydes is 1. The van der Waals surface area contributed by atoms with Gasteiger partial charge < -0.3 is 9.15 Å². The topological polar surface area (TPSA) is 52.3 Å². The molecule has 2 aromatic heterocycles. The van der Waals surface area contributed by atoms with E-state index in [1.165, 1.54) is 18.2 Å². The number of rotatable bonds is 4. The summed E-state index contributed by atoms with van der Waals surface area (Å²) in [5.41, 5.74) is -0.272. The summed E-state index contributed by atoms with van der Waals surface area (Å²) in [5, 5.41) is -0.321. The lowest BCUT2D eigenvalue weighted by Crippen LogP contribution is -2.05. The van der Waals surface area contributed by atoms with Gasteiger partial charge in [0.1, 0.15) is 16.7 Å². The first-order valence-corrected chi connectivity index (χ1v) is 7.31. The van der Waals surface area contributed by atoms with Gasteiger partial charge in [0, 0.05) is 11.6 Å². The molecule has 0 atom stereocenters. The maximum Gasteiger partial charge on any atom is 0.416 e. The molecule has 2 heterocycles. The minimum absolute atomic E-state index is 0.193. The number of aromatic nitrogens is 1. The van der Waals surface area contributed by atoms with Gasteiger partial charge in [-0.15, -0.1) is 0 Å². The van der Waals surface area contributed by atoms with E-state index in [1.807, 2.05) is 0 Å². The summed E-state index contributed by atoms with van der Waals surface area (Å²) in [6.45, 7) is 0. The second kappa shape index (κ2) is 6.60. The van der Waals surface area contributed by atoms with Gasteiger partial charge in [-0.05, 0) is 42.5 Å². The number of halogens is 4. The molecule has 0 N–H and O–H groups in total. The van der Waals surface area contributed by atoms with E-state index in [0.717, 1.165) is 12.1 Å². The van der Waals surface area contributed by atoms with Gasteiger partial charge in [0.15, 0.2) is 12.0 Å². The van der Waals surface area contributed by atoms with Crippen LogP contribution in [-0.4, -0.2) is 11.3 Å². The molecule has 0 radical (unpaired) electrons. The molecular formula is C17H9ClF3NO3. The smallest absolute Gasteiger partial charge is 0.416 e. The highest BCUT2D eigenvalue weighted by Crippen LogP contribution is 2.34. The van der Waals surface area contributed by atoms with Gasteiger partial charge in [-0.2, -0.15) is 13.2 Å². The van der Waals surface area contributed by atoms with Crippen molar-refractivity contribution < 1.29 is 27.1 Å². The normalized spacial score (nSPS) is 11.4. The number of carbonyl (C=O) groups excluding carboxylic acids is 1. The molecule has 8 heteroatoms. The highest BCUT2D eigenvalue weighted by Gasteiger charge is 2.31. The van der Waals surface area contributed by atoms with Crippen molar-refractivity contribution >= 4 is 17.9 Å². The van der Waals surface area contributed by atoms with Crippen LogP contribution in [0.2, 0.25) is 5.15 Å². The Morgan fingerprint density at radius 2 is 1.80 bits per heavy atom. The summed E-state index contributed by atoms with van der Waals surface area (Å²) in [6.07, 6.45) is -3.96. The molecule has 0 unspecified atom stereocenters. The van der Waals surface area contributed by atoms with Crippen LogP contribution in [0, 0.1) is 0 Å². The monoisotopic (exact) mass is 367 g/mol. The van der Waals surface area contributed by atoms with Crippen molar-refractivity contribution in [1.29, 1.82) is 0 Å². The summed E-state index contributed by atoms with van der Waals surface area (Å²) in [7, 11) is 0. The van der Waals surface area contributed by atoms with E-state index in [9.17, 15) is 18.0 Å². The minimum Gasteiger partial charge on any atom is -0.453 e. The Labute approximate surface area is 144 Å². The van der Waals surface area contributed by atoms with Gasteiger partial charge >= 0.3 is 6.18 Å². The number of pyridine rings is 1. The maximum atomic E-state index is 12.8. The zero-order valence-corrected chi connectivity index (χ0v) is 13.1. The quantitative estimate of drug-likeness (QED) is 0.443. The van der Waals surface area contributed by atoms with Gasteiger partial charge in [0.2, 0.25) is 5.88 Å². The predicted octanol–water partition coefficient (Wildman–Crippen LogP) is 5.62. The fourth-order valence-electron chi connectivity index (χ4n) is 2.07. The molecule has 0 bridgehead atoms. The van der Waals surface area contributed by atoms with Gasteiger partial charge in [-0.25, -0.2) is 4.98 Å². The first-order valence-electron chi connectivity index (χ1n) is 6.93. The molecule has 128 valence electrons. The van der Waals surface area contributed by atoms with Crippen molar-refractivity contribution in [2.24, 2.45) is 0 Å². The van der Waals surface area contributed by atoms with E-state index in [2.05, 4.69) is 4.98 Å². The molecule has 25 heavy (non-hydrogen) atoms. The van der Waals surface area contributed by atoms with Crippen LogP contribution in [0.5, 0.6) is 11.6 Å². The van der Waals surface area contributed by atoms with Crippen LogP contribution in [0.3, 0.4) is 0 Å². The Bertz CT molecular complexity index is 904. The van der Waals surface area contributed by atoms with E-state index in [1.54, 1.807) is 18.2 Å². The lowest BCUT2D eigenvalue weighted by atomic mass is 10.2. The van der Waals surface area contributed by atoms with Crippen molar-refractivity contribution in [3.8, 4) is 23.0 Å². The molecule has 3 aromatic rings. The number of hydrogen-bond donors (Lipinski definition) is 0. The number of furan rings is 1. The van der Waals surface area contributed by atoms with Crippen molar-refractivity contribution in [1.82, 2.24) is 4.98 Å². The third kappa shape index (κ3) is 4.00. The summed E-state index contributed by atoms with van der Waals surface area (Å²) < 4.78 is 49.0. The zero-order chi connectivity index (χ0) is 18.0. The third-order valence-corrected chi connectivity index (χ3v) is 3.40. The van der Waals surface area contributed by atoms with E-state index in [-0.39, 0.29) is 22.5 Å². The molecule has 0 saturated carbocycles. The van der Waals surface area contributed by atoms with Crippen LogP contribution < -0.4 is 4.74 Å². The largest absolute Gasteiger partial charge is 0.453 e. The molecule has 3 rings (SSSR count). The van der Waals surface area contributed by atoms with Gasteiger partial charge in [-0.1, -0.05) is 11.6 Å².